The first-order valence-corrected chi connectivity index (χ1v) is 12.4. The van der Waals surface area contributed by atoms with Gasteiger partial charge in [0.05, 0.1) is 32.0 Å². The molecule has 0 saturated carbocycles. The summed E-state index contributed by atoms with van der Waals surface area (Å²) in [7, 11) is -3.39. The van der Waals surface area contributed by atoms with E-state index in [0.29, 0.717) is 13.2 Å². The fraction of sp³-hybridized carbons (Fsp3) is 0.600. The van der Waals surface area contributed by atoms with Gasteiger partial charge in [-0.25, -0.2) is 22.8 Å². The first-order chi connectivity index (χ1) is 15.8. The van der Waals surface area contributed by atoms with Crippen LogP contribution in [0.25, 0.3) is 0 Å². The van der Waals surface area contributed by atoms with Gasteiger partial charge < -0.3 is 15.0 Å². The summed E-state index contributed by atoms with van der Waals surface area (Å²) < 4.78 is 60.6. The molecule has 3 aliphatic heterocycles. The molecule has 3 heterocycles. The Morgan fingerprint density at radius 2 is 1.73 bits per heavy atom. The molecular weight excluding hydrogens is 461 g/mol. The van der Waals surface area contributed by atoms with E-state index in [1.807, 2.05) is 0 Å². The fourth-order valence-corrected chi connectivity index (χ4v) is 5.82. The number of hydrogen-bond donors (Lipinski definition) is 1. The minimum Gasteiger partial charge on any atom is -0.442 e. The summed E-state index contributed by atoms with van der Waals surface area (Å²) in [6.07, 6.45) is 0.186. The van der Waals surface area contributed by atoms with Crippen molar-refractivity contribution < 1.29 is 36.7 Å². The quantitative estimate of drug-likeness (QED) is 0.632. The van der Waals surface area contributed by atoms with Crippen molar-refractivity contribution in [1.82, 2.24) is 9.99 Å². The van der Waals surface area contributed by atoms with Crippen molar-refractivity contribution in [3.8, 4) is 0 Å². The number of benzene rings is 1. The monoisotopic (exact) mass is 488 g/mol. The Labute approximate surface area is 190 Å². The molecule has 0 aliphatic carbocycles. The van der Waals surface area contributed by atoms with Gasteiger partial charge in [0.15, 0.2) is 11.6 Å². The molecule has 0 radical (unpaired) electrons. The van der Waals surface area contributed by atoms with Crippen LogP contribution in [0.4, 0.5) is 25.0 Å². The molecule has 0 aromatic heterocycles. The zero-order valence-electron chi connectivity index (χ0n) is 18.3. The Morgan fingerprint density at radius 1 is 1.12 bits per heavy atom. The molecule has 0 unspecified atom stereocenters. The van der Waals surface area contributed by atoms with Gasteiger partial charge in [-0.3, -0.25) is 18.7 Å². The van der Waals surface area contributed by atoms with Crippen LogP contribution >= 0.6 is 7.75 Å². The fourth-order valence-electron chi connectivity index (χ4n) is 4.04. The number of cyclic esters (lactones) is 1. The van der Waals surface area contributed by atoms with E-state index in [1.54, 1.807) is 4.67 Å². The topological polar surface area (TPSA) is 101 Å². The maximum Gasteiger partial charge on any atom is 0.414 e. The number of hydrogen-bond acceptors (Lipinski definition) is 7. The van der Waals surface area contributed by atoms with Gasteiger partial charge in [0.25, 0.3) is 0 Å². The lowest BCUT2D eigenvalue weighted by Crippen LogP contribution is -2.46. The van der Waals surface area contributed by atoms with Crippen LogP contribution in [0.3, 0.4) is 0 Å². The highest BCUT2D eigenvalue weighted by Crippen LogP contribution is 2.53. The summed E-state index contributed by atoms with van der Waals surface area (Å²) in [5.41, 5.74) is -0.172. The van der Waals surface area contributed by atoms with E-state index in [0.717, 1.165) is 29.9 Å². The van der Waals surface area contributed by atoms with E-state index in [4.69, 9.17) is 13.8 Å². The molecule has 182 valence electrons. The second-order valence-electron chi connectivity index (χ2n) is 8.09. The molecule has 1 aromatic rings. The number of piperazine rings is 1. The van der Waals surface area contributed by atoms with Gasteiger partial charge in [-0.05, 0) is 12.8 Å². The number of carbonyl (C=O) groups excluding carboxylic acids is 2. The van der Waals surface area contributed by atoms with Gasteiger partial charge in [-0.1, -0.05) is 0 Å². The lowest BCUT2D eigenvalue weighted by atomic mass is 10.2. The van der Waals surface area contributed by atoms with Crippen molar-refractivity contribution in [3.05, 3.63) is 23.8 Å². The number of carbonyl (C=O) groups is 2. The number of ether oxygens (including phenoxy) is 1. The zero-order valence-corrected chi connectivity index (χ0v) is 19.2. The highest BCUT2D eigenvalue weighted by Gasteiger charge is 2.38. The van der Waals surface area contributed by atoms with Crippen molar-refractivity contribution in [2.75, 3.05) is 62.3 Å². The molecule has 4 rings (SSSR count). The molecule has 13 heteroatoms. The highest BCUT2D eigenvalue weighted by atomic mass is 31.2. The SMILES string of the molecule is CC(=O)NC[C@H]1CN(c2cc(F)c(N3CCN(P4(=O)OCCCCO4)CC3)c(F)c2)C(=O)O1. The van der Waals surface area contributed by atoms with Crippen molar-refractivity contribution in [2.24, 2.45) is 0 Å². The summed E-state index contributed by atoms with van der Waals surface area (Å²) in [6, 6.07) is 2.18. The first-order valence-electron chi connectivity index (χ1n) is 10.9. The van der Waals surface area contributed by atoms with Crippen LogP contribution in [-0.2, 0) is 23.1 Å². The van der Waals surface area contributed by atoms with E-state index >= 15 is 0 Å². The maximum absolute atomic E-state index is 15.0. The van der Waals surface area contributed by atoms with Crippen molar-refractivity contribution >= 4 is 31.1 Å². The van der Waals surface area contributed by atoms with E-state index < -0.39 is 31.6 Å². The summed E-state index contributed by atoms with van der Waals surface area (Å²) in [4.78, 5) is 25.9. The normalized spacial score (nSPS) is 23.8. The average Bonchev–Trinajstić information content (AvgIpc) is 3.00. The molecule has 3 saturated heterocycles. The number of amides is 2. The van der Waals surface area contributed by atoms with E-state index in [2.05, 4.69) is 5.32 Å². The molecule has 1 N–H and O–H groups in total. The maximum atomic E-state index is 15.0. The first kappa shape index (κ1) is 23.9. The van der Waals surface area contributed by atoms with Crippen LogP contribution < -0.4 is 15.1 Å². The summed E-state index contributed by atoms with van der Waals surface area (Å²) in [5, 5.41) is 2.55. The van der Waals surface area contributed by atoms with Crippen LogP contribution in [0.15, 0.2) is 12.1 Å². The Morgan fingerprint density at radius 3 is 2.30 bits per heavy atom. The highest BCUT2D eigenvalue weighted by molar-refractivity contribution is 7.51. The lowest BCUT2D eigenvalue weighted by molar-refractivity contribution is -0.119. The Balaban J connectivity index is 1.42. The third kappa shape index (κ3) is 5.29. The standard InChI is InChI=1S/C20H27F2N4O6P/c1-14(27)23-12-16-13-26(20(28)32-16)15-10-17(21)19(18(22)11-15)24-4-6-25(7-5-24)33(29)30-8-2-3-9-31-33/h10-11,16H,2-9,12-13H2,1H3,(H,23,27)/t16-/m0/s1. The summed E-state index contributed by atoms with van der Waals surface area (Å²) in [6.45, 7) is 3.21. The van der Waals surface area contributed by atoms with Crippen LogP contribution in [0.5, 0.6) is 0 Å². The van der Waals surface area contributed by atoms with Gasteiger partial charge in [0, 0.05) is 45.2 Å². The minimum absolute atomic E-state index is 0.0346. The van der Waals surface area contributed by atoms with Crippen molar-refractivity contribution in [2.45, 2.75) is 25.9 Å². The van der Waals surface area contributed by atoms with Gasteiger partial charge in [0.2, 0.25) is 5.91 Å². The predicted octanol–water partition coefficient (Wildman–Crippen LogP) is 2.48. The molecule has 0 spiro atoms. The van der Waals surface area contributed by atoms with Gasteiger partial charge in [-0.15, -0.1) is 0 Å². The molecule has 3 fully saturated rings. The van der Waals surface area contributed by atoms with Gasteiger partial charge in [-0.2, -0.15) is 0 Å². The smallest absolute Gasteiger partial charge is 0.414 e. The number of anilines is 2. The number of nitrogens with zero attached hydrogens (tertiary/aromatic N) is 3. The molecule has 2 amide bonds. The van der Waals surface area contributed by atoms with Crippen molar-refractivity contribution in [3.63, 3.8) is 0 Å². The van der Waals surface area contributed by atoms with Gasteiger partial charge >= 0.3 is 13.8 Å². The average molecular weight is 488 g/mol. The number of rotatable bonds is 5. The molecule has 1 atom stereocenters. The zero-order chi connectivity index (χ0) is 23.6. The van der Waals surface area contributed by atoms with Crippen molar-refractivity contribution in [1.29, 1.82) is 0 Å². The van der Waals surface area contributed by atoms with Crippen LogP contribution in [0.2, 0.25) is 0 Å². The second kappa shape index (κ2) is 9.92. The largest absolute Gasteiger partial charge is 0.442 e. The molecule has 10 nitrogen and oxygen atoms in total. The summed E-state index contributed by atoms with van der Waals surface area (Å²) in [5.74, 6) is -1.90. The number of halogens is 2. The molecule has 33 heavy (non-hydrogen) atoms. The van der Waals surface area contributed by atoms with Crippen LogP contribution in [0, 0.1) is 11.6 Å². The summed E-state index contributed by atoms with van der Waals surface area (Å²) >= 11 is 0. The molecule has 0 bridgehead atoms. The van der Waals surface area contributed by atoms with Crippen LogP contribution in [0.1, 0.15) is 19.8 Å². The predicted molar refractivity (Wildman–Crippen MR) is 115 cm³/mol. The Kier molecular flexibility index (Phi) is 7.18. The van der Waals surface area contributed by atoms with E-state index in [1.165, 1.54) is 11.8 Å². The molecule has 1 aromatic carbocycles. The Bertz CT molecular complexity index is 923. The lowest BCUT2D eigenvalue weighted by Gasteiger charge is -2.38. The third-order valence-corrected chi connectivity index (χ3v) is 7.84. The molecule has 3 aliphatic rings. The van der Waals surface area contributed by atoms with Crippen LogP contribution in [-0.4, -0.2) is 75.3 Å². The van der Waals surface area contributed by atoms with Gasteiger partial charge in [0.1, 0.15) is 11.8 Å². The third-order valence-electron chi connectivity index (χ3n) is 5.73. The minimum atomic E-state index is -3.39. The second-order valence-corrected chi connectivity index (χ2v) is 10.1. The van der Waals surface area contributed by atoms with E-state index in [9.17, 15) is 22.9 Å². The van der Waals surface area contributed by atoms with E-state index in [-0.39, 0.29) is 56.6 Å². The number of nitrogens with one attached hydrogen (secondary N) is 1. The molecular formula is C20H27F2N4O6P. The Hall–Kier alpha value is -2.27.